The van der Waals surface area contributed by atoms with Crippen LogP contribution in [0.25, 0.3) is 11.6 Å². The predicted octanol–water partition coefficient (Wildman–Crippen LogP) is 12.5. The Morgan fingerprint density at radius 1 is 0.400 bits per heavy atom. The highest BCUT2D eigenvalue weighted by atomic mass is 15.5. The molecule has 0 fully saturated rings. The quantitative estimate of drug-likeness (QED) is 0.0837. The van der Waals surface area contributed by atoms with Gasteiger partial charge in [0, 0.05) is 17.1 Å². The molecule has 0 spiro atoms. The highest BCUT2D eigenvalue weighted by molar-refractivity contribution is 5.92. The van der Waals surface area contributed by atoms with Crippen LogP contribution in [-0.4, -0.2) is 6.21 Å². The summed E-state index contributed by atoms with van der Waals surface area (Å²) >= 11 is 0. The van der Waals surface area contributed by atoms with Crippen molar-refractivity contribution in [1.82, 2.24) is 0 Å². The van der Waals surface area contributed by atoms with E-state index in [9.17, 15) is 0 Å². The number of hydrogen-bond acceptors (Lipinski definition) is 3. The van der Waals surface area contributed by atoms with Gasteiger partial charge in [-0.25, -0.2) is 5.01 Å². The molecule has 0 aliphatic heterocycles. The van der Waals surface area contributed by atoms with Crippen molar-refractivity contribution in [3.63, 3.8) is 0 Å². The highest BCUT2D eigenvalue weighted by Gasteiger charge is 2.13. The fourth-order valence-electron chi connectivity index (χ4n) is 5.97. The third-order valence-electron chi connectivity index (χ3n) is 8.68. The molecule has 7 aromatic carbocycles. The molecule has 0 saturated carbocycles. The Morgan fingerprint density at radius 3 is 1.24 bits per heavy atom. The number of benzene rings is 7. The molecule has 0 atom stereocenters. The molecular formula is C47H39N3. The van der Waals surface area contributed by atoms with Crippen molar-refractivity contribution in [2.45, 2.75) is 13.8 Å². The fraction of sp³-hybridized carbons (Fsp3) is 0.0426. The molecule has 0 radical (unpaired) electrons. The standard InChI is InChI=1S/C47H39N3/c1-36-18-26-45(27-19-36)50(46-28-20-37(2)21-29-46)48-35-39-24-32-44(33-25-39)49(42-16-10-5-11-17-42)43-30-22-38(23-31-43)34-47(40-12-6-3-7-13-40)41-14-8-4-9-15-41/h3-35H,1-2H3/b48-35+. The second-order valence-corrected chi connectivity index (χ2v) is 12.4. The molecular weight excluding hydrogens is 607 g/mol. The van der Waals surface area contributed by atoms with Gasteiger partial charge in [-0.15, -0.1) is 0 Å². The molecule has 0 heterocycles. The number of nitrogens with zero attached hydrogens (tertiary/aromatic N) is 3. The maximum Gasteiger partial charge on any atom is 0.0652 e. The molecule has 0 aromatic heterocycles. The van der Waals surface area contributed by atoms with Crippen LogP contribution >= 0.6 is 0 Å². The molecule has 0 saturated heterocycles. The van der Waals surface area contributed by atoms with Gasteiger partial charge < -0.3 is 4.90 Å². The minimum atomic E-state index is 1.01. The summed E-state index contributed by atoms with van der Waals surface area (Å²) in [5.74, 6) is 0. The summed E-state index contributed by atoms with van der Waals surface area (Å²) in [5.41, 5.74) is 13.4. The molecule has 50 heavy (non-hydrogen) atoms. The van der Waals surface area contributed by atoms with Crippen LogP contribution < -0.4 is 9.91 Å². The molecule has 0 N–H and O–H groups in total. The maximum absolute atomic E-state index is 4.95. The summed E-state index contributed by atoms with van der Waals surface area (Å²) < 4.78 is 0. The predicted molar refractivity (Wildman–Crippen MR) is 213 cm³/mol. The lowest BCUT2D eigenvalue weighted by Crippen LogP contribution is -2.10. The minimum absolute atomic E-state index is 1.01. The largest absolute Gasteiger partial charge is 0.311 e. The van der Waals surface area contributed by atoms with Crippen LogP contribution in [0, 0.1) is 13.8 Å². The normalized spacial score (nSPS) is 10.9. The van der Waals surface area contributed by atoms with Crippen molar-refractivity contribution >= 4 is 46.3 Å². The van der Waals surface area contributed by atoms with Crippen LogP contribution in [0.15, 0.2) is 193 Å². The lowest BCUT2D eigenvalue weighted by atomic mass is 9.95. The van der Waals surface area contributed by atoms with E-state index in [-0.39, 0.29) is 0 Å². The van der Waals surface area contributed by atoms with E-state index in [0.717, 1.165) is 39.6 Å². The number of aryl methyl sites for hydroxylation is 2. The van der Waals surface area contributed by atoms with Gasteiger partial charge in [0.2, 0.25) is 0 Å². The summed E-state index contributed by atoms with van der Waals surface area (Å²) in [6.07, 6.45) is 4.19. The average Bonchev–Trinajstić information content (AvgIpc) is 3.17. The Balaban J connectivity index is 1.18. The van der Waals surface area contributed by atoms with Gasteiger partial charge in [0.1, 0.15) is 0 Å². The molecule has 3 heteroatoms. The molecule has 7 aromatic rings. The van der Waals surface area contributed by atoms with Gasteiger partial charge in [-0.2, -0.15) is 5.10 Å². The first-order valence-electron chi connectivity index (χ1n) is 17.0. The van der Waals surface area contributed by atoms with E-state index in [1.807, 2.05) is 11.2 Å². The third-order valence-corrected chi connectivity index (χ3v) is 8.68. The fourth-order valence-corrected chi connectivity index (χ4v) is 5.97. The molecule has 0 aliphatic carbocycles. The minimum Gasteiger partial charge on any atom is -0.311 e. The van der Waals surface area contributed by atoms with Gasteiger partial charge in [0.25, 0.3) is 0 Å². The molecule has 7 rings (SSSR count). The zero-order valence-electron chi connectivity index (χ0n) is 28.4. The maximum atomic E-state index is 4.95. The summed E-state index contributed by atoms with van der Waals surface area (Å²) in [4.78, 5) is 2.29. The van der Waals surface area contributed by atoms with Crippen molar-refractivity contribution in [3.05, 3.63) is 221 Å². The second-order valence-electron chi connectivity index (χ2n) is 12.4. The smallest absolute Gasteiger partial charge is 0.0652 e. The van der Waals surface area contributed by atoms with Crippen LogP contribution in [0.3, 0.4) is 0 Å². The number of para-hydroxylation sites is 1. The Kier molecular flexibility index (Phi) is 9.75. The van der Waals surface area contributed by atoms with E-state index in [4.69, 9.17) is 5.10 Å². The Labute approximate surface area is 295 Å². The zero-order chi connectivity index (χ0) is 34.1. The van der Waals surface area contributed by atoms with Gasteiger partial charge in [0.15, 0.2) is 0 Å². The average molecular weight is 646 g/mol. The number of hydrazone groups is 1. The number of rotatable bonds is 10. The summed E-state index contributed by atoms with van der Waals surface area (Å²) in [5, 5.41) is 6.94. The van der Waals surface area contributed by atoms with Gasteiger partial charge in [-0.3, -0.25) is 0 Å². The molecule has 0 aliphatic rings. The SMILES string of the molecule is Cc1ccc(N(/N=C/c2ccc(N(c3ccccc3)c3ccc(C=C(c4ccccc4)c4ccccc4)cc3)cc2)c2ccc(C)cc2)cc1. The van der Waals surface area contributed by atoms with E-state index >= 15 is 0 Å². The first-order chi connectivity index (χ1) is 24.6. The van der Waals surface area contributed by atoms with Crippen molar-refractivity contribution in [2.75, 3.05) is 9.91 Å². The lowest BCUT2D eigenvalue weighted by Gasteiger charge is -2.25. The van der Waals surface area contributed by atoms with E-state index < -0.39 is 0 Å². The van der Waals surface area contributed by atoms with Crippen molar-refractivity contribution in [3.8, 4) is 0 Å². The zero-order valence-corrected chi connectivity index (χ0v) is 28.4. The summed E-state index contributed by atoms with van der Waals surface area (Å²) in [7, 11) is 0. The molecule has 242 valence electrons. The lowest BCUT2D eigenvalue weighted by molar-refractivity contribution is 1.09. The molecule has 3 nitrogen and oxygen atoms in total. The van der Waals surface area contributed by atoms with Gasteiger partial charge in [-0.05, 0) is 108 Å². The Bertz CT molecular complexity index is 2080. The highest BCUT2D eigenvalue weighted by Crippen LogP contribution is 2.35. The first kappa shape index (κ1) is 32.1. The number of hydrogen-bond donors (Lipinski definition) is 0. The van der Waals surface area contributed by atoms with Crippen molar-refractivity contribution < 1.29 is 0 Å². The van der Waals surface area contributed by atoms with Gasteiger partial charge in [0.05, 0.1) is 17.6 Å². The second kappa shape index (κ2) is 15.2. The van der Waals surface area contributed by atoms with Crippen molar-refractivity contribution in [2.24, 2.45) is 5.10 Å². The summed E-state index contributed by atoms with van der Waals surface area (Å²) in [6, 6.07) is 65.9. The van der Waals surface area contributed by atoms with Crippen LogP contribution in [0.1, 0.15) is 33.4 Å². The van der Waals surface area contributed by atoms with Crippen LogP contribution in [0.2, 0.25) is 0 Å². The molecule has 0 unspecified atom stereocenters. The van der Waals surface area contributed by atoms with Crippen LogP contribution in [0.5, 0.6) is 0 Å². The Hall–Kier alpha value is -6.45. The van der Waals surface area contributed by atoms with E-state index in [0.29, 0.717) is 0 Å². The molecule has 0 amide bonds. The van der Waals surface area contributed by atoms with Gasteiger partial charge in [-0.1, -0.05) is 139 Å². The van der Waals surface area contributed by atoms with E-state index in [1.165, 1.54) is 27.8 Å². The van der Waals surface area contributed by atoms with Crippen LogP contribution in [0.4, 0.5) is 28.4 Å². The monoisotopic (exact) mass is 645 g/mol. The molecule has 0 bridgehead atoms. The Morgan fingerprint density at radius 2 is 0.780 bits per heavy atom. The first-order valence-corrected chi connectivity index (χ1v) is 17.0. The van der Waals surface area contributed by atoms with Crippen molar-refractivity contribution in [1.29, 1.82) is 0 Å². The van der Waals surface area contributed by atoms with Crippen LogP contribution in [-0.2, 0) is 0 Å². The number of anilines is 5. The third kappa shape index (κ3) is 7.64. The summed E-state index contributed by atoms with van der Waals surface area (Å²) in [6.45, 7) is 4.20. The van der Waals surface area contributed by atoms with E-state index in [1.54, 1.807) is 0 Å². The van der Waals surface area contributed by atoms with E-state index in [2.05, 4.69) is 213 Å². The van der Waals surface area contributed by atoms with Gasteiger partial charge >= 0.3 is 0 Å². The topological polar surface area (TPSA) is 18.8 Å².